The van der Waals surface area contributed by atoms with Gasteiger partial charge in [0, 0.05) is 42.5 Å². The van der Waals surface area contributed by atoms with Crippen LogP contribution in [0.4, 0.5) is 10.8 Å². The summed E-state index contributed by atoms with van der Waals surface area (Å²) >= 11 is 6.32. The Morgan fingerprint density at radius 1 is 1.27 bits per heavy atom. The summed E-state index contributed by atoms with van der Waals surface area (Å²) in [6.45, 7) is 9.30. The third-order valence-corrected chi connectivity index (χ3v) is 5.13. The third kappa shape index (κ3) is 4.21. The number of ether oxygens (including phenoxy) is 1. The zero-order valence-electron chi connectivity index (χ0n) is 17.6. The molecule has 8 heteroatoms. The van der Waals surface area contributed by atoms with E-state index >= 15 is 0 Å². The lowest BCUT2D eigenvalue weighted by Crippen LogP contribution is -2.54. The van der Waals surface area contributed by atoms with Gasteiger partial charge < -0.3 is 19.0 Å². The molecular weight excluding hydrogens is 404 g/mol. The zero-order valence-corrected chi connectivity index (χ0v) is 18.3. The molecule has 1 amide bonds. The molecule has 1 aromatic carbocycles. The highest BCUT2D eigenvalue weighted by Crippen LogP contribution is 2.34. The number of anilines is 1. The molecule has 0 aliphatic carbocycles. The van der Waals surface area contributed by atoms with Crippen LogP contribution in [0.5, 0.6) is 0 Å². The second-order valence-corrected chi connectivity index (χ2v) is 8.92. The Labute approximate surface area is 180 Å². The van der Waals surface area contributed by atoms with Crippen LogP contribution in [-0.2, 0) is 4.74 Å². The van der Waals surface area contributed by atoms with E-state index in [1.54, 1.807) is 17.2 Å². The number of pyridine rings is 1. The minimum Gasteiger partial charge on any atom is -0.444 e. The van der Waals surface area contributed by atoms with Crippen LogP contribution in [0.25, 0.3) is 22.4 Å². The van der Waals surface area contributed by atoms with E-state index in [0.29, 0.717) is 41.8 Å². The van der Waals surface area contributed by atoms with Gasteiger partial charge in [-0.1, -0.05) is 17.7 Å². The van der Waals surface area contributed by atoms with Crippen LogP contribution >= 0.6 is 11.6 Å². The van der Waals surface area contributed by atoms with Crippen LogP contribution < -0.4 is 4.90 Å². The fraction of sp³-hybridized carbons (Fsp3) is 0.409. The molecule has 1 fully saturated rings. The average Bonchev–Trinajstić information content (AvgIpc) is 3.10. The molecule has 1 atom stereocenters. The molecular formula is C22H25ClN4O3. The van der Waals surface area contributed by atoms with Crippen molar-refractivity contribution in [3.05, 3.63) is 41.6 Å². The van der Waals surface area contributed by atoms with E-state index in [0.717, 1.165) is 11.3 Å². The summed E-state index contributed by atoms with van der Waals surface area (Å²) in [7, 11) is 0. The van der Waals surface area contributed by atoms with Crippen LogP contribution in [0.15, 0.2) is 40.9 Å². The van der Waals surface area contributed by atoms with Gasteiger partial charge >= 0.3 is 6.09 Å². The van der Waals surface area contributed by atoms with Gasteiger partial charge in [-0.3, -0.25) is 4.98 Å². The van der Waals surface area contributed by atoms with E-state index in [9.17, 15) is 4.79 Å². The number of nitrogens with zero attached hydrogens (tertiary/aromatic N) is 4. The number of piperazine rings is 1. The van der Waals surface area contributed by atoms with E-state index in [1.165, 1.54) is 0 Å². The number of hydrogen-bond donors (Lipinski definition) is 0. The van der Waals surface area contributed by atoms with Gasteiger partial charge in [-0.15, -0.1) is 0 Å². The molecule has 1 aliphatic heterocycles. The Bertz CT molecular complexity index is 1060. The monoisotopic (exact) mass is 428 g/mol. The molecule has 7 nitrogen and oxygen atoms in total. The zero-order chi connectivity index (χ0) is 21.5. The Morgan fingerprint density at radius 2 is 2.07 bits per heavy atom. The first kappa shape index (κ1) is 20.5. The van der Waals surface area contributed by atoms with Gasteiger partial charge in [0.1, 0.15) is 11.1 Å². The summed E-state index contributed by atoms with van der Waals surface area (Å²) in [5.41, 5.74) is 2.39. The number of hydrogen-bond acceptors (Lipinski definition) is 6. The minimum atomic E-state index is -0.515. The summed E-state index contributed by atoms with van der Waals surface area (Å²) in [5.74, 6) is 0. The van der Waals surface area contributed by atoms with Crippen LogP contribution in [0.1, 0.15) is 27.7 Å². The van der Waals surface area contributed by atoms with Crippen LogP contribution in [0, 0.1) is 0 Å². The molecule has 0 bridgehead atoms. The van der Waals surface area contributed by atoms with Crippen molar-refractivity contribution < 1.29 is 13.9 Å². The van der Waals surface area contributed by atoms with Gasteiger partial charge in [0.2, 0.25) is 0 Å². The number of carbonyl (C=O) groups excluding carboxylic acids is 1. The first-order chi connectivity index (χ1) is 14.2. The van der Waals surface area contributed by atoms with E-state index in [2.05, 4.69) is 14.9 Å². The average molecular weight is 429 g/mol. The lowest BCUT2D eigenvalue weighted by atomic mass is 10.1. The van der Waals surface area contributed by atoms with Crippen molar-refractivity contribution >= 4 is 34.8 Å². The summed E-state index contributed by atoms with van der Waals surface area (Å²) in [5, 5.41) is 0.575. The van der Waals surface area contributed by atoms with Crippen LogP contribution in [0.3, 0.4) is 0 Å². The van der Waals surface area contributed by atoms with E-state index in [-0.39, 0.29) is 12.1 Å². The van der Waals surface area contributed by atoms with Crippen molar-refractivity contribution in [3.8, 4) is 11.3 Å². The standard InChI is InChI=1S/C22H25ClN4O3/c1-14-13-26(21(28)30-22(2,3)4)9-10-27(14)20-25-18-12-15(23)11-16(19(18)29-20)17-7-5-6-8-24-17/h5-8,11-12,14H,9-10,13H2,1-4H3. The number of oxazole rings is 1. The second-order valence-electron chi connectivity index (χ2n) is 8.48. The fourth-order valence-electron chi connectivity index (χ4n) is 3.56. The first-order valence-electron chi connectivity index (χ1n) is 9.97. The van der Waals surface area contributed by atoms with Crippen molar-refractivity contribution in [3.63, 3.8) is 0 Å². The maximum absolute atomic E-state index is 12.4. The van der Waals surface area contributed by atoms with Crippen molar-refractivity contribution in [1.29, 1.82) is 0 Å². The van der Waals surface area contributed by atoms with Gasteiger partial charge in [0.25, 0.3) is 6.01 Å². The normalized spacial score (nSPS) is 17.4. The molecule has 0 radical (unpaired) electrons. The van der Waals surface area contributed by atoms with Crippen LogP contribution in [0.2, 0.25) is 5.02 Å². The Morgan fingerprint density at radius 3 is 2.73 bits per heavy atom. The van der Waals surface area contributed by atoms with Gasteiger partial charge in [-0.25, -0.2) is 4.79 Å². The quantitative estimate of drug-likeness (QED) is 0.572. The highest BCUT2D eigenvalue weighted by atomic mass is 35.5. The maximum Gasteiger partial charge on any atom is 0.410 e. The number of aromatic nitrogens is 2. The van der Waals surface area contributed by atoms with E-state index in [4.69, 9.17) is 20.8 Å². The summed E-state index contributed by atoms with van der Waals surface area (Å²) < 4.78 is 11.7. The van der Waals surface area contributed by atoms with Crippen molar-refractivity contribution in [1.82, 2.24) is 14.9 Å². The minimum absolute atomic E-state index is 0.0214. The Balaban J connectivity index is 1.60. The Hall–Kier alpha value is -2.80. The molecule has 3 heterocycles. The molecule has 0 saturated carbocycles. The number of fused-ring (bicyclic) bond motifs is 1. The van der Waals surface area contributed by atoms with Crippen molar-refractivity contribution in [2.75, 3.05) is 24.5 Å². The largest absolute Gasteiger partial charge is 0.444 e. The molecule has 2 aromatic heterocycles. The molecule has 1 unspecified atom stereocenters. The topological polar surface area (TPSA) is 71.7 Å². The molecule has 4 rings (SSSR count). The van der Waals surface area contributed by atoms with Gasteiger partial charge in [-0.2, -0.15) is 4.98 Å². The number of halogens is 1. The lowest BCUT2D eigenvalue weighted by Gasteiger charge is -2.39. The van der Waals surface area contributed by atoms with E-state index < -0.39 is 5.60 Å². The highest BCUT2D eigenvalue weighted by molar-refractivity contribution is 6.31. The number of amides is 1. The molecule has 3 aromatic rings. The summed E-state index contributed by atoms with van der Waals surface area (Å²) in [6.07, 6.45) is 1.44. The second kappa shape index (κ2) is 7.80. The predicted molar refractivity (Wildman–Crippen MR) is 117 cm³/mol. The first-order valence-corrected chi connectivity index (χ1v) is 10.3. The predicted octanol–water partition coefficient (Wildman–Crippen LogP) is 4.99. The van der Waals surface area contributed by atoms with Crippen molar-refractivity contribution in [2.24, 2.45) is 0 Å². The van der Waals surface area contributed by atoms with Gasteiger partial charge in [0.15, 0.2) is 5.58 Å². The maximum atomic E-state index is 12.4. The smallest absolute Gasteiger partial charge is 0.410 e. The summed E-state index contributed by atoms with van der Waals surface area (Å²) in [4.78, 5) is 25.3. The SMILES string of the molecule is CC1CN(C(=O)OC(C)(C)C)CCN1c1nc2cc(Cl)cc(-c3ccccn3)c2o1. The van der Waals surface area contributed by atoms with Gasteiger partial charge in [-0.05, 0) is 52.0 Å². The third-order valence-electron chi connectivity index (χ3n) is 4.91. The summed E-state index contributed by atoms with van der Waals surface area (Å²) in [6, 6.07) is 9.86. The lowest BCUT2D eigenvalue weighted by molar-refractivity contribution is 0.0216. The molecule has 158 valence electrons. The molecule has 30 heavy (non-hydrogen) atoms. The highest BCUT2D eigenvalue weighted by Gasteiger charge is 2.32. The Kier molecular flexibility index (Phi) is 5.32. The van der Waals surface area contributed by atoms with Crippen LogP contribution in [-0.4, -0.2) is 52.2 Å². The van der Waals surface area contributed by atoms with E-state index in [1.807, 2.05) is 52.0 Å². The number of carbonyl (C=O) groups is 1. The molecule has 0 spiro atoms. The number of rotatable bonds is 2. The van der Waals surface area contributed by atoms with Gasteiger partial charge in [0.05, 0.1) is 5.69 Å². The molecule has 1 saturated heterocycles. The molecule has 1 aliphatic rings. The molecule has 0 N–H and O–H groups in total. The van der Waals surface area contributed by atoms with Crippen molar-refractivity contribution in [2.45, 2.75) is 39.3 Å². The fourth-order valence-corrected chi connectivity index (χ4v) is 3.77. The number of benzene rings is 1.